The minimum absolute atomic E-state index is 0.201. The maximum atomic E-state index is 12.1. The van der Waals surface area contributed by atoms with Crippen molar-refractivity contribution in [3.63, 3.8) is 0 Å². The van der Waals surface area contributed by atoms with E-state index in [-0.39, 0.29) is 5.76 Å². The van der Waals surface area contributed by atoms with Crippen LogP contribution in [0.25, 0.3) is 11.0 Å². The summed E-state index contributed by atoms with van der Waals surface area (Å²) in [6.07, 6.45) is 1.49. The van der Waals surface area contributed by atoms with E-state index in [1.54, 1.807) is 18.2 Å². The Bertz CT molecular complexity index is 924. The van der Waals surface area contributed by atoms with E-state index in [2.05, 4.69) is 49.0 Å². The summed E-state index contributed by atoms with van der Waals surface area (Å²) in [5.74, 6) is -0.219. The summed E-state index contributed by atoms with van der Waals surface area (Å²) in [5.41, 5.74) is 3.83. The number of halogens is 3. The van der Waals surface area contributed by atoms with Crippen LogP contribution in [-0.4, -0.2) is 12.1 Å². The van der Waals surface area contributed by atoms with Gasteiger partial charge in [0.1, 0.15) is 5.58 Å². The zero-order valence-corrected chi connectivity index (χ0v) is 16.0. The highest BCUT2D eigenvalue weighted by Gasteiger charge is 2.14. The number of nitrogens with zero attached hydrogens (tertiary/aromatic N) is 1. The van der Waals surface area contributed by atoms with E-state index in [4.69, 9.17) is 16.0 Å². The van der Waals surface area contributed by atoms with E-state index >= 15 is 0 Å². The first kappa shape index (κ1) is 16.5. The Morgan fingerprint density at radius 3 is 2.87 bits per heavy atom. The molecule has 0 fully saturated rings. The van der Waals surface area contributed by atoms with Crippen molar-refractivity contribution in [2.45, 2.75) is 0 Å². The fourth-order valence-corrected chi connectivity index (χ4v) is 3.83. The van der Waals surface area contributed by atoms with Gasteiger partial charge in [0, 0.05) is 20.4 Å². The van der Waals surface area contributed by atoms with E-state index < -0.39 is 5.91 Å². The highest BCUT2D eigenvalue weighted by atomic mass is 127. The smallest absolute Gasteiger partial charge is 0.307 e. The number of fused-ring (bicyclic) bond motifs is 1. The summed E-state index contributed by atoms with van der Waals surface area (Å²) in [7, 11) is 0. The van der Waals surface area contributed by atoms with Gasteiger partial charge in [-0.15, -0.1) is 0 Å². The van der Waals surface area contributed by atoms with E-state index in [0.717, 1.165) is 19.0 Å². The minimum atomic E-state index is -0.420. The molecule has 0 aliphatic carbocycles. The fraction of sp³-hybridized carbons (Fsp3) is 0. The SMILES string of the molecule is O=C(N/N=C\c1ccccc1Cl)c1cc2cc(Br)cc(I)c2o1. The van der Waals surface area contributed by atoms with Crippen LogP contribution in [0.15, 0.2) is 56.5 Å². The van der Waals surface area contributed by atoms with Crippen molar-refractivity contribution in [3.8, 4) is 0 Å². The van der Waals surface area contributed by atoms with Crippen LogP contribution in [0.2, 0.25) is 5.02 Å². The average molecular weight is 504 g/mol. The van der Waals surface area contributed by atoms with Crippen LogP contribution in [0.1, 0.15) is 16.1 Å². The molecule has 1 heterocycles. The van der Waals surface area contributed by atoms with Crippen molar-refractivity contribution >= 4 is 73.2 Å². The second-order valence-electron chi connectivity index (χ2n) is 4.64. The number of furan rings is 1. The van der Waals surface area contributed by atoms with Gasteiger partial charge in [-0.2, -0.15) is 5.10 Å². The molecule has 0 bridgehead atoms. The number of rotatable bonds is 3. The summed E-state index contributed by atoms with van der Waals surface area (Å²) in [6, 6.07) is 12.7. The summed E-state index contributed by atoms with van der Waals surface area (Å²) >= 11 is 11.6. The molecule has 7 heteroatoms. The summed E-state index contributed by atoms with van der Waals surface area (Å²) in [5, 5.41) is 5.32. The summed E-state index contributed by atoms with van der Waals surface area (Å²) in [6.45, 7) is 0. The van der Waals surface area contributed by atoms with Gasteiger partial charge in [0.15, 0.2) is 5.76 Å². The third-order valence-corrected chi connectivity index (χ3v) is 4.64. The molecule has 1 amide bonds. The number of hydrogen-bond donors (Lipinski definition) is 1. The van der Waals surface area contributed by atoms with Crippen molar-refractivity contribution in [1.29, 1.82) is 0 Å². The molecule has 0 spiro atoms. The van der Waals surface area contributed by atoms with Crippen molar-refractivity contribution in [2.75, 3.05) is 0 Å². The maximum Gasteiger partial charge on any atom is 0.307 e. The first-order valence-corrected chi connectivity index (χ1v) is 8.76. The van der Waals surface area contributed by atoms with E-state index in [9.17, 15) is 4.79 Å². The molecule has 1 N–H and O–H groups in total. The van der Waals surface area contributed by atoms with Gasteiger partial charge in [0.2, 0.25) is 0 Å². The van der Waals surface area contributed by atoms with Crippen LogP contribution in [0.4, 0.5) is 0 Å². The Morgan fingerprint density at radius 1 is 1.30 bits per heavy atom. The molecular formula is C16H9BrClIN2O2. The van der Waals surface area contributed by atoms with E-state index in [0.29, 0.717) is 10.6 Å². The minimum Gasteiger partial charge on any atom is -0.450 e. The highest BCUT2D eigenvalue weighted by Crippen LogP contribution is 2.28. The number of carbonyl (C=O) groups is 1. The molecule has 2 aromatic carbocycles. The van der Waals surface area contributed by atoms with E-state index in [1.807, 2.05) is 24.3 Å². The average Bonchev–Trinajstić information content (AvgIpc) is 2.93. The second-order valence-corrected chi connectivity index (χ2v) is 7.12. The number of nitrogens with one attached hydrogen (secondary N) is 1. The Labute approximate surface area is 159 Å². The molecule has 23 heavy (non-hydrogen) atoms. The molecule has 3 aromatic rings. The van der Waals surface area contributed by atoms with E-state index in [1.165, 1.54) is 6.21 Å². The fourth-order valence-electron chi connectivity index (χ4n) is 1.98. The lowest BCUT2D eigenvalue weighted by molar-refractivity contribution is 0.0929. The van der Waals surface area contributed by atoms with Gasteiger partial charge in [-0.3, -0.25) is 4.79 Å². The van der Waals surface area contributed by atoms with Crippen LogP contribution in [0.3, 0.4) is 0 Å². The third-order valence-electron chi connectivity index (χ3n) is 3.03. The number of benzene rings is 2. The summed E-state index contributed by atoms with van der Waals surface area (Å²) < 4.78 is 7.45. The maximum absolute atomic E-state index is 12.1. The molecule has 1 aromatic heterocycles. The lowest BCUT2D eigenvalue weighted by atomic mass is 10.2. The number of hydrazone groups is 1. The molecular weight excluding hydrogens is 494 g/mol. The third kappa shape index (κ3) is 3.76. The van der Waals surface area contributed by atoms with Gasteiger partial charge in [-0.05, 0) is 46.9 Å². The molecule has 116 valence electrons. The van der Waals surface area contributed by atoms with Crippen LogP contribution in [-0.2, 0) is 0 Å². The van der Waals surface area contributed by atoms with Crippen molar-refractivity contribution in [1.82, 2.24) is 5.43 Å². The zero-order chi connectivity index (χ0) is 16.4. The van der Waals surface area contributed by atoms with Crippen LogP contribution < -0.4 is 5.43 Å². The molecule has 0 aliphatic heterocycles. The van der Waals surface area contributed by atoms with Crippen molar-refractivity contribution < 1.29 is 9.21 Å². The predicted molar refractivity (Wildman–Crippen MR) is 103 cm³/mol. The lowest BCUT2D eigenvalue weighted by Crippen LogP contribution is -2.16. The molecule has 4 nitrogen and oxygen atoms in total. The Kier molecular flexibility index (Phi) is 5.03. The zero-order valence-electron chi connectivity index (χ0n) is 11.5. The first-order valence-electron chi connectivity index (χ1n) is 6.51. The number of amides is 1. The molecule has 0 unspecified atom stereocenters. The Hall–Kier alpha value is -1.38. The van der Waals surface area contributed by atoms with Gasteiger partial charge >= 0.3 is 5.91 Å². The normalized spacial score (nSPS) is 11.3. The highest BCUT2D eigenvalue weighted by molar-refractivity contribution is 14.1. The molecule has 0 saturated heterocycles. The molecule has 0 aliphatic rings. The van der Waals surface area contributed by atoms with Gasteiger partial charge in [-0.25, -0.2) is 5.43 Å². The largest absolute Gasteiger partial charge is 0.450 e. The summed E-state index contributed by atoms with van der Waals surface area (Å²) in [4.78, 5) is 12.1. The molecule has 0 atom stereocenters. The van der Waals surface area contributed by atoms with Gasteiger partial charge < -0.3 is 4.42 Å². The van der Waals surface area contributed by atoms with Gasteiger partial charge in [0.25, 0.3) is 0 Å². The second kappa shape index (κ2) is 7.02. The quantitative estimate of drug-likeness (QED) is 0.303. The van der Waals surface area contributed by atoms with Crippen LogP contribution in [0.5, 0.6) is 0 Å². The Morgan fingerprint density at radius 2 is 2.09 bits per heavy atom. The predicted octanol–water partition coefficient (Wildman–Crippen LogP) is 5.22. The molecule has 0 saturated carbocycles. The Balaban J connectivity index is 1.79. The van der Waals surface area contributed by atoms with Crippen molar-refractivity contribution in [2.24, 2.45) is 5.10 Å². The molecule has 3 rings (SSSR count). The monoisotopic (exact) mass is 502 g/mol. The number of hydrogen-bond acceptors (Lipinski definition) is 3. The molecule has 0 radical (unpaired) electrons. The van der Waals surface area contributed by atoms with Crippen molar-refractivity contribution in [3.05, 3.63) is 66.9 Å². The topological polar surface area (TPSA) is 54.6 Å². The number of carbonyl (C=O) groups excluding carboxylic acids is 1. The van der Waals surface area contributed by atoms with Gasteiger partial charge in [-0.1, -0.05) is 45.7 Å². The lowest BCUT2D eigenvalue weighted by Gasteiger charge is -1.97. The van der Waals surface area contributed by atoms with Crippen LogP contribution in [0, 0.1) is 3.57 Å². The standard InChI is InChI=1S/C16H9BrClIN2O2/c17-11-5-10-6-14(23-15(10)13(19)7-11)16(22)21-20-8-9-3-1-2-4-12(9)18/h1-8H,(H,21,22)/b20-8-. The van der Waals surface area contributed by atoms with Gasteiger partial charge in [0.05, 0.1) is 9.78 Å². The van der Waals surface area contributed by atoms with Crippen LogP contribution >= 0.6 is 50.1 Å². The first-order chi connectivity index (χ1) is 11.0.